The van der Waals surface area contributed by atoms with E-state index in [1.165, 1.54) is 18.6 Å². The topological polar surface area (TPSA) is 50.2 Å². The SMILES string of the molecule is CN=Cc1c(Cl)ncnc1Nc1ccc(F)cc1F. The Morgan fingerprint density at radius 1 is 1.32 bits per heavy atom. The Kier molecular flexibility index (Phi) is 4.01. The van der Waals surface area contributed by atoms with Crippen molar-refractivity contribution < 1.29 is 8.78 Å². The molecule has 7 heteroatoms. The van der Waals surface area contributed by atoms with Gasteiger partial charge in [-0.1, -0.05) is 11.6 Å². The van der Waals surface area contributed by atoms with Crippen LogP contribution in [0.3, 0.4) is 0 Å². The van der Waals surface area contributed by atoms with Crippen molar-refractivity contribution in [3.05, 3.63) is 46.9 Å². The Balaban J connectivity index is 2.40. The van der Waals surface area contributed by atoms with Gasteiger partial charge in [-0.15, -0.1) is 0 Å². The normalized spacial score (nSPS) is 10.9. The van der Waals surface area contributed by atoms with Gasteiger partial charge in [0, 0.05) is 19.3 Å². The number of anilines is 2. The van der Waals surface area contributed by atoms with Crippen molar-refractivity contribution in [1.82, 2.24) is 9.97 Å². The average Bonchev–Trinajstić information content (AvgIpc) is 2.37. The third-order valence-corrected chi connectivity index (χ3v) is 2.58. The number of rotatable bonds is 3. The molecular formula is C12H9ClF2N4. The van der Waals surface area contributed by atoms with Crippen molar-refractivity contribution in [2.24, 2.45) is 4.99 Å². The first kappa shape index (κ1) is 13.4. The van der Waals surface area contributed by atoms with Crippen LogP contribution in [-0.2, 0) is 0 Å². The minimum Gasteiger partial charge on any atom is -0.337 e. The van der Waals surface area contributed by atoms with E-state index in [0.717, 1.165) is 12.1 Å². The van der Waals surface area contributed by atoms with Crippen molar-refractivity contribution in [2.75, 3.05) is 12.4 Å². The molecule has 1 aromatic heterocycles. The summed E-state index contributed by atoms with van der Waals surface area (Å²) in [4.78, 5) is 11.6. The summed E-state index contributed by atoms with van der Waals surface area (Å²) in [5, 5.41) is 2.91. The number of nitrogens with one attached hydrogen (secondary N) is 1. The third-order valence-electron chi connectivity index (χ3n) is 2.28. The first-order valence-electron chi connectivity index (χ1n) is 5.26. The van der Waals surface area contributed by atoms with Crippen LogP contribution >= 0.6 is 11.6 Å². The van der Waals surface area contributed by atoms with Crippen LogP contribution in [0.2, 0.25) is 5.15 Å². The fourth-order valence-electron chi connectivity index (χ4n) is 1.44. The van der Waals surface area contributed by atoms with Crippen LogP contribution in [0.25, 0.3) is 0 Å². The van der Waals surface area contributed by atoms with Crippen LogP contribution in [0, 0.1) is 11.6 Å². The lowest BCUT2D eigenvalue weighted by Crippen LogP contribution is -2.02. The van der Waals surface area contributed by atoms with Gasteiger partial charge in [0.2, 0.25) is 0 Å². The summed E-state index contributed by atoms with van der Waals surface area (Å²) in [6, 6.07) is 3.19. The lowest BCUT2D eigenvalue weighted by Gasteiger charge is -2.09. The van der Waals surface area contributed by atoms with Gasteiger partial charge >= 0.3 is 0 Å². The molecule has 1 aromatic carbocycles. The first-order chi connectivity index (χ1) is 9.11. The molecule has 19 heavy (non-hydrogen) atoms. The van der Waals surface area contributed by atoms with Crippen LogP contribution in [0.4, 0.5) is 20.3 Å². The Bertz CT molecular complexity index is 631. The summed E-state index contributed by atoms with van der Waals surface area (Å²) in [5.74, 6) is -1.09. The Labute approximate surface area is 113 Å². The third kappa shape index (κ3) is 3.03. The van der Waals surface area contributed by atoms with Crippen molar-refractivity contribution in [1.29, 1.82) is 0 Å². The molecule has 0 saturated carbocycles. The molecule has 0 saturated heterocycles. The summed E-state index contributed by atoms with van der Waals surface area (Å²) in [6.45, 7) is 0. The quantitative estimate of drug-likeness (QED) is 0.695. The van der Waals surface area contributed by atoms with Crippen LogP contribution in [0.1, 0.15) is 5.56 Å². The van der Waals surface area contributed by atoms with Crippen molar-refractivity contribution >= 4 is 29.3 Å². The van der Waals surface area contributed by atoms with Gasteiger partial charge in [-0.3, -0.25) is 4.99 Å². The maximum atomic E-state index is 13.5. The Hall–Kier alpha value is -2.08. The first-order valence-corrected chi connectivity index (χ1v) is 5.64. The summed E-state index contributed by atoms with van der Waals surface area (Å²) >= 11 is 5.90. The van der Waals surface area contributed by atoms with Gasteiger partial charge in [-0.25, -0.2) is 18.7 Å². The highest BCUT2D eigenvalue weighted by atomic mass is 35.5. The van der Waals surface area contributed by atoms with E-state index in [1.807, 2.05) is 0 Å². The molecular weight excluding hydrogens is 274 g/mol. The maximum absolute atomic E-state index is 13.5. The van der Waals surface area contributed by atoms with E-state index in [2.05, 4.69) is 20.3 Å². The summed E-state index contributed by atoms with van der Waals surface area (Å²) in [7, 11) is 1.56. The fraction of sp³-hybridized carbons (Fsp3) is 0.0833. The molecule has 98 valence electrons. The minimum absolute atomic E-state index is 0.0851. The Morgan fingerprint density at radius 2 is 2.11 bits per heavy atom. The molecule has 0 bridgehead atoms. The number of hydrogen-bond donors (Lipinski definition) is 1. The van der Waals surface area contributed by atoms with E-state index in [1.54, 1.807) is 7.05 Å². The lowest BCUT2D eigenvalue weighted by molar-refractivity contribution is 0.586. The number of aromatic nitrogens is 2. The number of benzene rings is 1. The molecule has 0 aliphatic heterocycles. The predicted molar refractivity (Wildman–Crippen MR) is 70.2 cm³/mol. The molecule has 4 nitrogen and oxygen atoms in total. The van der Waals surface area contributed by atoms with Gasteiger partial charge in [-0.2, -0.15) is 0 Å². The summed E-state index contributed by atoms with van der Waals surface area (Å²) in [6.07, 6.45) is 2.69. The van der Waals surface area contributed by atoms with Gasteiger partial charge in [0.25, 0.3) is 0 Å². The smallest absolute Gasteiger partial charge is 0.149 e. The lowest BCUT2D eigenvalue weighted by atomic mass is 10.2. The van der Waals surface area contributed by atoms with E-state index >= 15 is 0 Å². The predicted octanol–water partition coefficient (Wildman–Crippen LogP) is 3.20. The highest BCUT2D eigenvalue weighted by Crippen LogP contribution is 2.24. The summed E-state index contributed by atoms with van der Waals surface area (Å²) < 4.78 is 26.4. The monoisotopic (exact) mass is 282 g/mol. The van der Waals surface area contributed by atoms with Gasteiger partial charge in [0.1, 0.15) is 28.9 Å². The maximum Gasteiger partial charge on any atom is 0.149 e. The molecule has 2 rings (SSSR count). The van der Waals surface area contributed by atoms with Crippen LogP contribution in [0.15, 0.2) is 29.5 Å². The summed E-state index contributed by atoms with van der Waals surface area (Å²) in [5.41, 5.74) is 0.511. The van der Waals surface area contributed by atoms with E-state index in [9.17, 15) is 8.78 Å². The molecule has 0 amide bonds. The molecule has 2 aromatic rings. The largest absolute Gasteiger partial charge is 0.337 e. The zero-order valence-electron chi connectivity index (χ0n) is 9.86. The van der Waals surface area contributed by atoms with Gasteiger partial charge in [0.05, 0.1) is 11.3 Å². The van der Waals surface area contributed by atoms with E-state index < -0.39 is 11.6 Å². The molecule has 1 heterocycles. The van der Waals surface area contributed by atoms with Crippen molar-refractivity contribution in [2.45, 2.75) is 0 Å². The molecule has 1 N–H and O–H groups in total. The standard InChI is InChI=1S/C12H9ClF2N4/c1-16-5-8-11(13)17-6-18-12(8)19-10-3-2-7(14)4-9(10)15/h2-6H,1H3,(H,17,18,19). The molecule has 0 aliphatic rings. The van der Waals surface area contributed by atoms with Crippen LogP contribution < -0.4 is 5.32 Å². The molecule has 0 fully saturated rings. The highest BCUT2D eigenvalue weighted by molar-refractivity contribution is 6.32. The number of hydrogen-bond acceptors (Lipinski definition) is 4. The fourth-order valence-corrected chi connectivity index (χ4v) is 1.62. The molecule has 0 unspecified atom stereocenters. The second-order valence-electron chi connectivity index (χ2n) is 3.56. The second kappa shape index (κ2) is 5.71. The zero-order chi connectivity index (χ0) is 13.8. The number of nitrogens with zero attached hydrogens (tertiary/aromatic N) is 3. The van der Waals surface area contributed by atoms with Crippen LogP contribution in [0.5, 0.6) is 0 Å². The molecule has 0 aliphatic carbocycles. The minimum atomic E-state index is -0.728. The van der Waals surface area contributed by atoms with Gasteiger partial charge in [-0.05, 0) is 12.1 Å². The van der Waals surface area contributed by atoms with Gasteiger partial charge in [0.15, 0.2) is 0 Å². The average molecular weight is 283 g/mol. The number of halogens is 3. The molecule has 0 atom stereocenters. The number of aliphatic imine (C=N–C) groups is 1. The van der Waals surface area contributed by atoms with Gasteiger partial charge < -0.3 is 5.32 Å². The highest BCUT2D eigenvalue weighted by Gasteiger charge is 2.10. The van der Waals surface area contributed by atoms with Crippen LogP contribution in [-0.4, -0.2) is 23.2 Å². The molecule has 0 radical (unpaired) electrons. The Morgan fingerprint density at radius 3 is 2.79 bits per heavy atom. The van der Waals surface area contributed by atoms with Crippen molar-refractivity contribution in [3.8, 4) is 0 Å². The van der Waals surface area contributed by atoms with Crippen molar-refractivity contribution in [3.63, 3.8) is 0 Å². The molecule has 0 spiro atoms. The zero-order valence-corrected chi connectivity index (χ0v) is 10.6. The van der Waals surface area contributed by atoms with E-state index in [-0.39, 0.29) is 16.7 Å². The van der Waals surface area contributed by atoms with E-state index in [4.69, 9.17) is 11.6 Å². The van der Waals surface area contributed by atoms with E-state index in [0.29, 0.717) is 5.56 Å². The second-order valence-corrected chi connectivity index (χ2v) is 3.92.